The Labute approximate surface area is 102 Å². The Kier molecular flexibility index (Phi) is 1.91. The number of benzene rings is 1. The van der Waals surface area contributed by atoms with Gasteiger partial charge < -0.3 is 0 Å². The number of nitrogens with zero attached hydrogens (tertiary/aromatic N) is 2. The lowest BCUT2D eigenvalue weighted by Gasteiger charge is -2.31. The van der Waals surface area contributed by atoms with E-state index in [0.717, 1.165) is 17.8 Å². The number of hydrogen-bond acceptors (Lipinski definition) is 2. The van der Waals surface area contributed by atoms with Crippen molar-refractivity contribution in [2.24, 2.45) is 22.9 Å². The van der Waals surface area contributed by atoms with Crippen molar-refractivity contribution < 1.29 is 0 Å². The predicted octanol–water partition coefficient (Wildman–Crippen LogP) is 3.30. The van der Waals surface area contributed by atoms with Gasteiger partial charge in [0, 0.05) is 11.6 Å². The van der Waals surface area contributed by atoms with Crippen molar-refractivity contribution >= 4 is 11.4 Å². The second-order valence-electron chi connectivity index (χ2n) is 5.77. The molecule has 1 aromatic rings. The molecule has 88 valence electrons. The minimum atomic E-state index is 0.663. The van der Waals surface area contributed by atoms with Gasteiger partial charge in [-0.2, -0.15) is 5.10 Å². The zero-order chi connectivity index (χ0) is 11.4. The summed E-state index contributed by atoms with van der Waals surface area (Å²) in [6.07, 6.45) is 4.28. The third-order valence-electron chi connectivity index (χ3n) is 4.92. The number of hydrogen-bond donors (Lipinski definition) is 0. The van der Waals surface area contributed by atoms with Gasteiger partial charge in [0.2, 0.25) is 0 Å². The molecule has 0 spiro atoms. The molecule has 3 aliphatic rings. The largest absolute Gasteiger partial charge is 0.262 e. The molecule has 4 rings (SSSR count). The van der Waals surface area contributed by atoms with E-state index in [1.807, 2.05) is 0 Å². The van der Waals surface area contributed by atoms with Crippen molar-refractivity contribution in [1.29, 1.82) is 0 Å². The van der Waals surface area contributed by atoms with Crippen LogP contribution in [0.4, 0.5) is 5.69 Å². The highest BCUT2D eigenvalue weighted by molar-refractivity contribution is 5.90. The molecule has 2 saturated carbocycles. The molecule has 0 saturated heterocycles. The first-order valence-electron chi connectivity index (χ1n) is 6.74. The second kappa shape index (κ2) is 3.34. The zero-order valence-corrected chi connectivity index (χ0v) is 10.2. The minimum Gasteiger partial charge on any atom is -0.262 e. The Hall–Kier alpha value is -1.31. The highest BCUT2D eigenvalue weighted by atomic mass is 15.5. The van der Waals surface area contributed by atoms with E-state index in [0.29, 0.717) is 6.04 Å². The fraction of sp³-hybridized carbons (Fsp3) is 0.533. The van der Waals surface area contributed by atoms with Crippen LogP contribution < -0.4 is 5.01 Å². The summed E-state index contributed by atoms with van der Waals surface area (Å²) in [5.41, 5.74) is 2.64. The number of para-hydroxylation sites is 1. The lowest BCUT2D eigenvalue weighted by Crippen LogP contribution is -2.37. The maximum Gasteiger partial charge on any atom is 0.0637 e. The normalized spacial score (nSPS) is 38.4. The molecule has 2 fully saturated rings. The van der Waals surface area contributed by atoms with Gasteiger partial charge in [-0.15, -0.1) is 0 Å². The van der Waals surface area contributed by atoms with Crippen LogP contribution in [0.15, 0.2) is 35.4 Å². The van der Waals surface area contributed by atoms with Crippen molar-refractivity contribution in [1.82, 2.24) is 0 Å². The van der Waals surface area contributed by atoms with Crippen LogP contribution in [0.3, 0.4) is 0 Å². The van der Waals surface area contributed by atoms with Crippen LogP contribution in [0.2, 0.25) is 0 Å². The first-order valence-corrected chi connectivity index (χ1v) is 6.74. The van der Waals surface area contributed by atoms with Gasteiger partial charge in [0.25, 0.3) is 0 Å². The molecule has 2 heteroatoms. The Bertz CT molecular complexity index is 465. The van der Waals surface area contributed by atoms with Gasteiger partial charge in [-0.1, -0.05) is 18.2 Å². The Morgan fingerprint density at radius 1 is 1.12 bits per heavy atom. The monoisotopic (exact) mass is 226 g/mol. The molecular formula is C15H18N2. The van der Waals surface area contributed by atoms with Gasteiger partial charge in [0.1, 0.15) is 0 Å². The smallest absolute Gasteiger partial charge is 0.0637 e. The molecule has 1 aromatic carbocycles. The Morgan fingerprint density at radius 3 is 2.71 bits per heavy atom. The molecule has 4 unspecified atom stereocenters. The number of rotatable bonds is 1. The van der Waals surface area contributed by atoms with Crippen LogP contribution in [0.1, 0.15) is 26.2 Å². The number of anilines is 1. The summed E-state index contributed by atoms with van der Waals surface area (Å²) >= 11 is 0. The zero-order valence-electron chi connectivity index (χ0n) is 10.2. The van der Waals surface area contributed by atoms with E-state index in [1.165, 1.54) is 30.7 Å². The maximum atomic E-state index is 4.83. The second-order valence-corrected chi connectivity index (χ2v) is 5.77. The van der Waals surface area contributed by atoms with Crippen molar-refractivity contribution in [2.75, 3.05) is 5.01 Å². The molecule has 0 aromatic heterocycles. The number of fused-ring (bicyclic) bond motifs is 5. The summed E-state index contributed by atoms with van der Waals surface area (Å²) in [6.45, 7) is 2.22. The van der Waals surface area contributed by atoms with Gasteiger partial charge in [0.15, 0.2) is 0 Å². The summed E-state index contributed by atoms with van der Waals surface area (Å²) < 4.78 is 0. The molecule has 17 heavy (non-hydrogen) atoms. The lowest BCUT2D eigenvalue weighted by atomic mass is 9.82. The van der Waals surface area contributed by atoms with Crippen molar-refractivity contribution in [3.63, 3.8) is 0 Å². The van der Waals surface area contributed by atoms with E-state index in [-0.39, 0.29) is 0 Å². The van der Waals surface area contributed by atoms with Crippen LogP contribution in [-0.2, 0) is 0 Å². The quantitative estimate of drug-likeness (QED) is 0.717. The van der Waals surface area contributed by atoms with Gasteiger partial charge >= 0.3 is 0 Å². The van der Waals surface area contributed by atoms with Gasteiger partial charge in [-0.05, 0) is 50.2 Å². The minimum absolute atomic E-state index is 0.663. The van der Waals surface area contributed by atoms with Crippen LogP contribution in [0.5, 0.6) is 0 Å². The van der Waals surface area contributed by atoms with Crippen LogP contribution in [-0.4, -0.2) is 11.8 Å². The summed E-state index contributed by atoms with van der Waals surface area (Å²) in [5.74, 6) is 2.54. The fourth-order valence-electron chi connectivity index (χ4n) is 4.32. The van der Waals surface area contributed by atoms with E-state index in [9.17, 15) is 0 Å². The summed E-state index contributed by atoms with van der Waals surface area (Å²) in [7, 11) is 0. The van der Waals surface area contributed by atoms with Crippen molar-refractivity contribution in [3.05, 3.63) is 30.3 Å². The topological polar surface area (TPSA) is 15.6 Å². The first kappa shape index (κ1) is 9.69. The fourth-order valence-corrected chi connectivity index (χ4v) is 4.32. The van der Waals surface area contributed by atoms with Crippen molar-refractivity contribution in [3.8, 4) is 0 Å². The standard InChI is InChI=1S/C15H18N2/c1-10-14-11-7-8-12(9-11)15(14)17(16-10)13-5-3-2-4-6-13/h2-6,11-12,14-15H,7-9H2,1H3. The molecule has 0 amide bonds. The van der Waals surface area contributed by atoms with Gasteiger partial charge in [-0.25, -0.2) is 0 Å². The number of hydrazone groups is 1. The van der Waals surface area contributed by atoms with E-state index >= 15 is 0 Å². The van der Waals surface area contributed by atoms with Crippen LogP contribution in [0, 0.1) is 17.8 Å². The van der Waals surface area contributed by atoms with Crippen molar-refractivity contribution in [2.45, 2.75) is 32.2 Å². The van der Waals surface area contributed by atoms with E-state index in [2.05, 4.69) is 42.3 Å². The van der Waals surface area contributed by atoms with Crippen LogP contribution >= 0.6 is 0 Å². The molecule has 2 nitrogen and oxygen atoms in total. The highest BCUT2D eigenvalue weighted by Gasteiger charge is 2.54. The maximum absolute atomic E-state index is 4.83. The summed E-state index contributed by atoms with van der Waals surface area (Å²) in [4.78, 5) is 0. The van der Waals surface area contributed by atoms with E-state index in [4.69, 9.17) is 5.10 Å². The third-order valence-corrected chi connectivity index (χ3v) is 4.92. The first-order chi connectivity index (χ1) is 8.34. The third kappa shape index (κ3) is 1.24. The molecule has 1 heterocycles. The molecule has 2 bridgehead atoms. The van der Waals surface area contributed by atoms with Gasteiger partial charge in [0.05, 0.1) is 11.7 Å². The van der Waals surface area contributed by atoms with Gasteiger partial charge in [-0.3, -0.25) is 5.01 Å². The predicted molar refractivity (Wildman–Crippen MR) is 70.1 cm³/mol. The molecule has 0 N–H and O–H groups in total. The van der Waals surface area contributed by atoms with E-state index in [1.54, 1.807) is 0 Å². The molecule has 1 aliphatic heterocycles. The molecule has 0 radical (unpaired) electrons. The molecular weight excluding hydrogens is 208 g/mol. The SMILES string of the molecule is CC1=NN(c2ccccc2)C2C3CCC(C3)C12. The average Bonchev–Trinajstić information content (AvgIpc) is 3.03. The lowest BCUT2D eigenvalue weighted by molar-refractivity contribution is 0.363. The van der Waals surface area contributed by atoms with Crippen LogP contribution in [0.25, 0.3) is 0 Å². The molecule has 2 aliphatic carbocycles. The molecule has 4 atom stereocenters. The summed E-state index contributed by atoms with van der Waals surface area (Å²) in [5, 5.41) is 7.14. The highest BCUT2D eigenvalue weighted by Crippen LogP contribution is 2.54. The van der Waals surface area contributed by atoms with E-state index < -0.39 is 0 Å². The Morgan fingerprint density at radius 2 is 1.88 bits per heavy atom. The Balaban J connectivity index is 1.74. The summed E-state index contributed by atoms with van der Waals surface area (Å²) in [6, 6.07) is 11.3. The average molecular weight is 226 g/mol.